The molecule has 2 aromatic heterocycles. The maximum atomic E-state index is 10.1. The van der Waals surface area contributed by atoms with Gasteiger partial charge in [0.15, 0.2) is 0 Å². The van der Waals surface area contributed by atoms with Gasteiger partial charge in [-0.05, 0) is 60.7 Å². The Balaban J connectivity index is 1.29. The van der Waals surface area contributed by atoms with Gasteiger partial charge in [-0.3, -0.25) is 4.98 Å². The smallest absolute Gasteiger partial charge is 0.325 e. The third kappa shape index (κ3) is 4.01. The molecule has 6 heteroatoms. The summed E-state index contributed by atoms with van der Waals surface area (Å²) in [7, 11) is 2.13. The lowest BCUT2D eigenvalue weighted by Gasteiger charge is -2.30. The molecule has 0 spiro atoms. The molecule has 0 bridgehead atoms. The van der Waals surface area contributed by atoms with E-state index in [9.17, 15) is 5.11 Å². The predicted octanol–water partition coefficient (Wildman–Crippen LogP) is 5.08. The minimum absolute atomic E-state index is 0.0953. The number of benzene rings is 2. The fourth-order valence-electron chi connectivity index (χ4n) is 4.34. The van der Waals surface area contributed by atoms with Crippen LogP contribution < -0.4 is 9.64 Å². The second-order valence-electron chi connectivity index (χ2n) is 7.99. The Kier molecular flexibility index (Phi) is 5.12. The number of anilines is 1. The van der Waals surface area contributed by atoms with Crippen LogP contribution in [-0.4, -0.2) is 33.7 Å². The van der Waals surface area contributed by atoms with Crippen molar-refractivity contribution in [3.63, 3.8) is 0 Å². The van der Waals surface area contributed by atoms with Crippen LogP contribution in [0.3, 0.4) is 0 Å². The van der Waals surface area contributed by atoms with Gasteiger partial charge in [0.25, 0.3) is 0 Å². The second kappa shape index (κ2) is 8.22. The van der Waals surface area contributed by atoms with Crippen LogP contribution >= 0.6 is 0 Å². The fourth-order valence-corrected chi connectivity index (χ4v) is 4.34. The molecular weight excluding hydrogens is 388 g/mol. The standard InChI is InChI=1S/C25H24N4O2/c1-29(16-18-7-4-6-17-5-2-3-8-21(17)18)19-9-11-20(12-10-19)31-25-27-23-15-26-14-13-22(23)24(30)28-25/h2-3,5,8-15,18H,4,6-7,16H2,1H3,(H,27,28,30). The summed E-state index contributed by atoms with van der Waals surface area (Å²) in [5, 5.41) is 10.7. The van der Waals surface area contributed by atoms with Crippen LogP contribution in [0.4, 0.5) is 5.69 Å². The third-order valence-electron chi connectivity index (χ3n) is 5.93. The number of hydrogen-bond donors (Lipinski definition) is 1. The predicted molar refractivity (Wildman–Crippen MR) is 121 cm³/mol. The summed E-state index contributed by atoms with van der Waals surface area (Å²) in [6, 6.07) is 18.4. The molecule has 5 rings (SSSR count). The Hall–Kier alpha value is -3.67. The normalized spacial score (nSPS) is 15.5. The van der Waals surface area contributed by atoms with Gasteiger partial charge in [0, 0.05) is 31.4 Å². The van der Waals surface area contributed by atoms with E-state index < -0.39 is 0 Å². The van der Waals surface area contributed by atoms with Crippen molar-refractivity contribution in [2.45, 2.75) is 25.2 Å². The molecule has 2 heterocycles. The van der Waals surface area contributed by atoms with Crippen LogP contribution in [-0.2, 0) is 6.42 Å². The zero-order valence-electron chi connectivity index (χ0n) is 17.4. The van der Waals surface area contributed by atoms with Crippen LogP contribution in [0.5, 0.6) is 17.6 Å². The highest BCUT2D eigenvalue weighted by molar-refractivity contribution is 5.82. The van der Waals surface area contributed by atoms with Crippen LogP contribution in [0, 0.1) is 0 Å². The van der Waals surface area contributed by atoms with Gasteiger partial charge in [0.05, 0.1) is 17.1 Å². The monoisotopic (exact) mass is 412 g/mol. The Labute approximate surface area is 181 Å². The Morgan fingerprint density at radius 3 is 2.77 bits per heavy atom. The van der Waals surface area contributed by atoms with E-state index in [0.29, 0.717) is 22.6 Å². The molecular formula is C25H24N4O2. The number of aromatic nitrogens is 3. The maximum absolute atomic E-state index is 10.1. The first-order chi connectivity index (χ1) is 15.2. The van der Waals surface area contributed by atoms with Crippen LogP contribution in [0.1, 0.15) is 29.9 Å². The number of aryl methyl sites for hydroxylation is 1. The topological polar surface area (TPSA) is 71.4 Å². The lowest BCUT2D eigenvalue weighted by Crippen LogP contribution is -2.26. The molecule has 1 aliphatic carbocycles. The molecule has 1 N–H and O–H groups in total. The second-order valence-corrected chi connectivity index (χ2v) is 7.99. The fraction of sp³-hybridized carbons (Fsp3) is 0.240. The van der Waals surface area contributed by atoms with E-state index >= 15 is 0 Å². The molecule has 0 amide bonds. The lowest BCUT2D eigenvalue weighted by molar-refractivity contribution is 0.412. The summed E-state index contributed by atoms with van der Waals surface area (Å²) < 4.78 is 5.77. The maximum Gasteiger partial charge on any atom is 0.325 e. The summed E-state index contributed by atoms with van der Waals surface area (Å²) >= 11 is 0. The average molecular weight is 412 g/mol. The third-order valence-corrected chi connectivity index (χ3v) is 5.93. The van der Waals surface area contributed by atoms with Crippen LogP contribution in [0.25, 0.3) is 10.9 Å². The van der Waals surface area contributed by atoms with Gasteiger partial charge in [-0.15, -0.1) is 0 Å². The SMILES string of the molecule is CN(CC1CCCc2ccccc21)c1ccc(Oc2nc(O)c3ccncc3n2)cc1. The summed E-state index contributed by atoms with van der Waals surface area (Å²) in [5.74, 6) is 1.04. The number of aromatic hydroxyl groups is 1. The highest BCUT2D eigenvalue weighted by Crippen LogP contribution is 2.33. The van der Waals surface area contributed by atoms with E-state index in [4.69, 9.17) is 4.74 Å². The van der Waals surface area contributed by atoms with Crippen molar-refractivity contribution in [1.82, 2.24) is 15.0 Å². The summed E-state index contributed by atoms with van der Waals surface area (Å²) in [6.07, 6.45) is 6.82. The van der Waals surface area contributed by atoms with E-state index in [1.807, 2.05) is 24.3 Å². The van der Waals surface area contributed by atoms with Crippen molar-refractivity contribution in [2.75, 3.05) is 18.5 Å². The minimum atomic E-state index is -0.119. The molecule has 0 saturated carbocycles. The van der Waals surface area contributed by atoms with Gasteiger partial charge in [-0.2, -0.15) is 9.97 Å². The quantitative estimate of drug-likeness (QED) is 0.493. The van der Waals surface area contributed by atoms with Gasteiger partial charge in [0.2, 0.25) is 5.88 Å². The highest BCUT2D eigenvalue weighted by atomic mass is 16.5. The number of hydrogen-bond acceptors (Lipinski definition) is 6. The highest BCUT2D eigenvalue weighted by Gasteiger charge is 2.21. The van der Waals surface area contributed by atoms with E-state index in [-0.39, 0.29) is 11.9 Å². The first-order valence-electron chi connectivity index (χ1n) is 10.5. The number of likely N-dealkylation sites (N-methyl/N-ethyl adjacent to an activating group) is 1. The molecule has 0 radical (unpaired) electrons. The van der Waals surface area contributed by atoms with Crippen molar-refractivity contribution in [2.24, 2.45) is 0 Å². The van der Waals surface area contributed by atoms with Gasteiger partial charge < -0.3 is 14.7 Å². The molecule has 156 valence electrons. The first kappa shape index (κ1) is 19.3. The zero-order valence-corrected chi connectivity index (χ0v) is 17.4. The average Bonchev–Trinajstić information content (AvgIpc) is 2.80. The minimum Gasteiger partial charge on any atom is -0.493 e. The number of rotatable bonds is 5. The Morgan fingerprint density at radius 2 is 1.90 bits per heavy atom. The van der Waals surface area contributed by atoms with Crippen molar-refractivity contribution in [3.8, 4) is 17.6 Å². The van der Waals surface area contributed by atoms with Gasteiger partial charge in [0.1, 0.15) is 5.75 Å². The van der Waals surface area contributed by atoms with Crippen molar-refractivity contribution in [1.29, 1.82) is 0 Å². The largest absolute Gasteiger partial charge is 0.493 e. The molecule has 4 aromatic rings. The Bertz CT molecular complexity index is 1210. The van der Waals surface area contributed by atoms with E-state index in [1.54, 1.807) is 18.5 Å². The molecule has 0 fully saturated rings. The molecule has 0 saturated heterocycles. The zero-order chi connectivity index (χ0) is 21.2. The Morgan fingerprint density at radius 1 is 1.06 bits per heavy atom. The number of pyridine rings is 1. The number of ether oxygens (including phenoxy) is 1. The summed E-state index contributed by atoms with van der Waals surface area (Å²) in [5.41, 5.74) is 4.64. The molecule has 1 unspecified atom stereocenters. The first-order valence-corrected chi connectivity index (χ1v) is 10.5. The van der Waals surface area contributed by atoms with Crippen LogP contribution in [0.2, 0.25) is 0 Å². The van der Waals surface area contributed by atoms with Gasteiger partial charge >= 0.3 is 6.01 Å². The van der Waals surface area contributed by atoms with E-state index in [1.165, 1.54) is 30.4 Å². The molecule has 2 aromatic carbocycles. The van der Waals surface area contributed by atoms with Crippen LogP contribution in [0.15, 0.2) is 67.0 Å². The van der Waals surface area contributed by atoms with Gasteiger partial charge in [-0.25, -0.2) is 0 Å². The number of nitrogens with zero attached hydrogens (tertiary/aromatic N) is 4. The number of fused-ring (bicyclic) bond motifs is 2. The molecule has 6 nitrogen and oxygen atoms in total. The van der Waals surface area contributed by atoms with E-state index in [2.05, 4.69) is 51.2 Å². The van der Waals surface area contributed by atoms with Crippen molar-refractivity contribution < 1.29 is 9.84 Å². The molecule has 0 aliphatic heterocycles. The molecule has 1 atom stereocenters. The van der Waals surface area contributed by atoms with Crippen molar-refractivity contribution in [3.05, 3.63) is 78.1 Å². The van der Waals surface area contributed by atoms with Crippen molar-refractivity contribution >= 4 is 16.6 Å². The summed E-state index contributed by atoms with van der Waals surface area (Å²) in [6.45, 7) is 0.978. The molecule has 1 aliphatic rings. The lowest BCUT2D eigenvalue weighted by atomic mass is 9.82. The summed E-state index contributed by atoms with van der Waals surface area (Å²) in [4.78, 5) is 14.7. The van der Waals surface area contributed by atoms with Gasteiger partial charge in [-0.1, -0.05) is 24.3 Å². The molecule has 31 heavy (non-hydrogen) atoms. The van der Waals surface area contributed by atoms with E-state index in [0.717, 1.165) is 12.2 Å².